The molecule has 1 aliphatic heterocycles. The molecule has 0 amide bonds. The van der Waals surface area contributed by atoms with Crippen molar-refractivity contribution < 1.29 is 59.6 Å². The van der Waals surface area contributed by atoms with E-state index in [-0.39, 0.29) is 39.9 Å². The van der Waals surface area contributed by atoms with Crippen molar-refractivity contribution in [3.8, 4) is 11.5 Å². The van der Waals surface area contributed by atoms with Crippen LogP contribution < -0.4 is 9.47 Å². The highest BCUT2D eigenvalue weighted by Gasteiger charge is 2.69. The number of alkyl halides is 6. The Hall–Kier alpha value is -4.10. The molecule has 3 aliphatic carbocycles. The van der Waals surface area contributed by atoms with Gasteiger partial charge < -0.3 is 23.7 Å². The second-order valence-electron chi connectivity index (χ2n) is 18.7. The number of benzene rings is 3. The Labute approximate surface area is 347 Å². The van der Waals surface area contributed by atoms with E-state index < -0.39 is 58.2 Å². The minimum Gasteiger partial charge on any atom is -0.487 e. The van der Waals surface area contributed by atoms with Gasteiger partial charge in [-0.1, -0.05) is 88.4 Å². The summed E-state index contributed by atoms with van der Waals surface area (Å²) in [5.74, 6) is -2.39. The molecule has 9 atom stereocenters. The smallest absolute Gasteiger partial charge is 0.432 e. The maximum atomic E-state index is 14.8. The van der Waals surface area contributed by atoms with Crippen molar-refractivity contribution in [3.05, 3.63) is 95.1 Å². The van der Waals surface area contributed by atoms with Crippen LogP contribution in [0.4, 0.5) is 26.3 Å². The molecule has 60 heavy (non-hydrogen) atoms. The van der Waals surface area contributed by atoms with Crippen LogP contribution >= 0.6 is 0 Å². The van der Waals surface area contributed by atoms with Crippen molar-refractivity contribution in [2.24, 2.45) is 34.0 Å². The zero-order chi connectivity index (χ0) is 43.9. The Bertz CT molecular complexity index is 2110. The maximum Gasteiger partial charge on any atom is 0.432 e. The SMILES string of the molecule is CO[C@@](C(=O)Oc1cc(C)c2c(c1)C[C@@H]1[C@@]3(C)CC[C@H]4C(C)(C)[C@H](OC(=O)[C@](OC)(c5ccccc5)C(F)(F)F)CC[C@]4(C)[C@@H]3CC[C@@]1(C)O2)(c1ccccc1)C(F)(F)F. The highest BCUT2D eigenvalue weighted by atomic mass is 19.4. The number of carbonyl (C=O) groups excluding carboxylic acids is 2. The molecular formula is C47H54F6O7. The molecule has 0 radical (unpaired) electrons. The highest BCUT2D eigenvalue weighted by Crippen LogP contribution is 2.71. The average Bonchev–Trinajstić information content (AvgIpc) is 3.16. The molecule has 0 aromatic heterocycles. The van der Waals surface area contributed by atoms with Crippen LogP contribution in [0, 0.1) is 40.9 Å². The first kappa shape index (κ1) is 44.0. The first-order chi connectivity index (χ1) is 28.0. The summed E-state index contributed by atoms with van der Waals surface area (Å²) in [4.78, 5) is 27.4. The van der Waals surface area contributed by atoms with Crippen LogP contribution in [0.5, 0.6) is 11.5 Å². The predicted molar refractivity (Wildman–Crippen MR) is 210 cm³/mol. The molecule has 3 fully saturated rings. The lowest BCUT2D eigenvalue weighted by Crippen LogP contribution is -2.66. The number of carbonyl (C=O) groups is 2. The summed E-state index contributed by atoms with van der Waals surface area (Å²) >= 11 is 0. The van der Waals surface area contributed by atoms with E-state index in [2.05, 4.69) is 20.8 Å². The molecule has 0 spiro atoms. The Balaban J connectivity index is 1.15. The Kier molecular flexibility index (Phi) is 10.8. The molecule has 1 heterocycles. The summed E-state index contributed by atoms with van der Waals surface area (Å²) in [6.07, 6.45) is -6.45. The summed E-state index contributed by atoms with van der Waals surface area (Å²) in [6.45, 7) is 12.5. The number of rotatable bonds is 8. The lowest BCUT2D eigenvalue weighted by atomic mass is 9.37. The van der Waals surface area contributed by atoms with Crippen LogP contribution in [0.3, 0.4) is 0 Å². The zero-order valence-electron chi connectivity index (χ0n) is 35.3. The molecule has 0 bridgehead atoms. The Morgan fingerprint density at radius 2 is 1.17 bits per heavy atom. The van der Waals surface area contributed by atoms with Crippen LogP contribution in [0.15, 0.2) is 72.8 Å². The van der Waals surface area contributed by atoms with E-state index in [0.717, 1.165) is 45.5 Å². The average molecular weight is 845 g/mol. The first-order valence-corrected chi connectivity index (χ1v) is 20.6. The molecule has 326 valence electrons. The minimum atomic E-state index is -5.13. The number of esters is 2. The van der Waals surface area contributed by atoms with Crippen molar-refractivity contribution in [2.75, 3.05) is 14.2 Å². The third-order valence-corrected chi connectivity index (χ3v) is 15.4. The van der Waals surface area contributed by atoms with Crippen LogP contribution in [0.1, 0.15) is 95.4 Å². The van der Waals surface area contributed by atoms with Gasteiger partial charge in [0.25, 0.3) is 11.2 Å². The molecule has 0 saturated heterocycles. The quantitative estimate of drug-likeness (QED) is 0.127. The van der Waals surface area contributed by atoms with Crippen LogP contribution in [-0.4, -0.2) is 50.2 Å². The van der Waals surface area contributed by atoms with E-state index >= 15 is 0 Å². The predicted octanol–water partition coefficient (Wildman–Crippen LogP) is 11.0. The van der Waals surface area contributed by atoms with Gasteiger partial charge >= 0.3 is 24.3 Å². The molecule has 0 unspecified atom stereocenters. The third-order valence-electron chi connectivity index (χ3n) is 15.4. The molecule has 7 nitrogen and oxygen atoms in total. The molecule has 7 rings (SSSR count). The summed E-state index contributed by atoms with van der Waals surface area (Å²) in [5.41, 5.74) is -7.86. The number of aryl methyl sites for hydroxylation is 1. The molecule has 3 saturated carbocycles. The molecule has 0 N–H and O–H groups in total. The van der Waals surface area contributed by atoms with Gasteiger partial charge in [0.2, 0.25) is 0 Å². The molecule has 4 aliphatic rings. The van der Waals surface area contributed by atoms with E-state index in [0.29, 0.717) is 30.6 Å². The van der Waals surface area contributed by atoms with Crippen molar-refractivity contribution in [2.45, 2.75) is 122 Å². The van der Waals surface area contributed by atoms with Crippen LogP contribution in [0.2, 0.25) is 0 Å². The third kappa shape index (κ3) is 6.45. The minimum absolute atomic E-state index is 0.00268. The van der Waals surface area contributed by atoms with Crippen molar-refractivity contribution in [1.29, 1.82) is 0 Å². The Morgan fingerprint density at radius 1 is 0.667 bits per heavy atom. The summed E-state index contributed by atoms with van der Waals surface area (Å²) in [5, 5.41) is 0. The fraction of sp³-hybridized carbons (Fsp3) is 0.574. The van der Waals surface area contributed by atoms with Gasteiger partial charge in [0.15, 0.2) is 0 Å². The van der Waals surface area contributed by atoms with E-state index in [1.807, 2.05) is 13.8 Å². The molecular weight excluding hydrogens is 790 g/mol. The van der Waals surface area contributed by atoms with Gasteiger partial charge in [-0.25, -0.2) is 9.59 Å². The number of methoxy groups -OCH3 is 2. The van der Waals surface area contributed by atoms with E-state index in [1.165, 1.54) is 54.6 Å². The fourth-order valence-corrected chi connectivity index (χ4v) is 12.5. The number of hydrogen-bond acceptors (Lipinski definition) is 7. The van der Waals surface area contributed by atoms with Gasteiger partial charge in [0, 0.05) is 36.7 Å². The van der Waals surface area contributed by atoms with E-state index in [4.69, 9.17) is 23.7 Å². The van der Waals surface area contributed by atoms with Crippen LogP contribution in [0.25, 0.3) is 0 Å². The van der Waals surface area contributed by atoms with Gasteiger partial charge in [0.05, 0.1) is 0 Å². The number of hydrogen-bond donors (Lipinski definition) is 0. The zero-order valence-corrected chi connectivity index (χ0v) is 35.3. The van der Waals surface area contributed by atoms with Gasteiger partial charge in [0.1, 0.15) is 23.2 Å². The largest absolute Gasteiger partial charge is 0.487 e. The number of halogens is 6. The topological polar surface area (TPSA) is 80.3 Å². The maximum absolute atomic E-state index is 14.8. The normalized spacial score (nSPS) is 31.7. The summed E-state index contributed by atoms with van der Waals surface area (Å²) < 4.78 is 117. The van der Waals surface area contributed by atoms with Crippen molar-refractivity contribution >= 4 is 11.9 Å². The second kappa shape index (κ2) is 14.8. The first-order valence-electron chi connectivity index (χ1n) is 20.6. The van der Waals surface area contributed by atoms with Gasteiger partial charge in [-0.15, -0.1) is 0 Å². The van der Waals surface area contributed by atoms with Crippen molar-refractivity contribution in [1.82, 2.24) is 0 Å². The number of fused-ring (bicyclic) bond motifs is 6. The van der Waals surface area contributed by atoms with Crippen molar-refractivity contribution in [3.63, 3.8) is 0 Å². The van der Waals surface area contributed by atoms with E-state index in [1.54, 1.807) is 25.1 Å². The standard InChI is InChI=1S/C47H54F6O7/c1-28-25-32(58-38(54)44(56-7,46(48,49)50)30-15-11-9-12-16-30)26-29-27-35-42(5)22-19-33-40(2,3)36(21-23-41(33,4)34(42)20-24-43(35,6)60-37(28)29)59-39(55)45(57-8,47(51,52)53)31-17-13-10-14-18-31/h9-18,25-26,33-36H,19-24,27H2,1-8H3/t33-,34-,35+,36+,41-,42-,43+,44+,45+/m0/s1. The lowest BCUT2D eigenvalue weighted by molar-refractivity contribution is -0.284. The van der Waals surface area contributed by atoms with Crippen LogP contribution in [-0.2, 0) is 41.4 Å². The van der Waals surface area contributed by atoms with Gasteiger partial charge in [-0.05, 0) is 105 Å². The summed E-state index contributed by atoms with van der Waals surface area (Å²) in [7, 11) is 1.70. The molecule has 3 aromatic carbocycles. The molecule has 13 heteroatoms. The number of ether oxygens (including phenoxy) is 5. The van der Waals surface area contributed by atoms with E-state index in [9.17, 15) is 35.9 Å². The Morgan fingerprint density at radius 3 is 1.70 bits per heavy atom. The second-order valence-corrected chi connectivity index (χ2v) is 18.7. The lowest BCUT2D eigenvalue weighted by Gasteiger charge is -2.69. The monoisotopic (exact) mass is 844 g/mol. The summed E-state index contributed by atoms with van der Waals surface area (Å²) in [6, 6.07) is 16.6. The van der Waals surface area contributed by atoms with Gasteiger partial charge in [-0.3, -0.25) is 0 Å². The fourth-order valence-electron chi connectivity index (χ4n) is 12.5. The van der Waals surface area contributed by atoms with Gasteiger partial charge in [-0.2, -0.15) is 26.3 Å². The molecule has 3 aromatic rings. The highest BCUT2D eigenvalue weighted by molar-refractivity contribution is 5.85.